The van der Waals surface area contributed by atoms with Crippen LogP contribution in [0.4, 0.5) is 4.79 Å². The van der Waals surface area contributed by atoms with Crippen LogP contribution in [0.15, 0.2) is 24.3 Å². The summed E-state index contributed by atoms with van der Waals surface area (Å²) in [6, 6.07) is 6.80. The molecule has 1 aromatic rings. The van der Waals surface area contributed by atoms with Crippen molar-refractivity contribution in [2.75, 3.05) is 6.54 Å². The molecule has 2 atom stereocenters. The molecule has 0 bridgehead atoms. The standard InChI is InChI=1S/C15H22N2O4S/c1-10-2-4-11(5-3-10)9-21-15(20)17-8-12(22)6-7-13(16)14(18)19/h2-5,12-13,22H,6-9,16H2,1H3,(H,17,20)(H,18,19). The Labute approximate surface area is 135 Å². The highest BCUT2D eigenvalue weighted by Gasteiger charge is 2.14. The molecular weight excluding hydrogens is 304 g/mol. The van der Waals surface area contributed by atoms with E-state index in [0.29, 0.717) is 19.4 Å². The second kappa shape index (κ2) is 9.32. The Hall–Kier alpha value is -1.73. The highest BCUT2D eigenvalue weighted by atomic mass is 32.1. The molecule has 122 valence electrons. The van der Waals surface area contributed by atoms with Gasteiger partial charge in [0, 0.05) is 11.8 Å². The Balaban J connectivity index is 2.19. The van der Waals surface area contributed by atoms with Crippen molar-refractivity contribution in [2.45, 2.75) is 37.7 Å². The summed E-state index contributed by atoms with van der Waals surface area (Å²) < 4.78 is 5.08. The van der Waals surface area contributed by atoms with Crippen molar-refractivity contribution in [3.8, 4) is 0 Å². The van der Waals surface area contributed by atoms with Gasteiger partial charge in [0.1, 0.15) is 12.6 Å². The molecule has 0 fully saturated rings. The zero-order valence-corrected chi connectivity index (χ0v) is 13.4. The van der Waals surface area contributed by atoms with Crippen molar-refractivity contribution >= 4 is 24.7 Å². The van der Waals surface area contributed by atoms with Crippen LogP contribution < -0.4 is 11.1 Å². The van der Waals surface area contributed by atoms with Gasteiger partial charge in [-0.25, -0.2) is 4.79 Å². The van der Waals surface area contributed by atoms with Crippen molar-refractivity contribution in [1.29, 1.82) is 0 Å². The van der Waals surface area contributed by atoms with Crippen LogP contribution in [0.5, 0.6) is 0 Å². The predicted octanol–water partition coefficient (Wildman–Crippen LogP) is 1.71. The van der Waals surface area contributed by atoms with E-state index >= 15 is 0 Å². The monoisotopic (exact) mass is 326 g/mol. The number of thiol groups is 1. The lowest BCUT2D eigenvalue weighted by Crippen LogP contribution is -2.33. The normalized spacial score (nSPS) is 13.2. The molecule has 0 aromatic heterocycles. The van der Waals surface area contributed by atoms with E-state index in [0.717, 1.165) is 11.1 Å². The quantitative estimate of drug-likeness (QED) is 0.545. The lowest BCUT2D eigenvalue weighted by Gasteiger charge is -2.13. The van der Waals surface area contributed by atoms with E-state index in [4.69, 9.17) is 15.6 Å². The largest absolute Gasteiger partial charge is 0.480 e. The molecule has 22 heavy (non-hydrogen) atoms. The molecule has 0 aliphatic carbocycles. The van der Waals surface area contributed by atoms with Gasteiger partial charge < -0.3 is 20.9 Å². The molecule has 0 aliphatic rings. The van der Waals surface area contributed by atoms with Crippen molar-refractivity contribution in [1.82, 2.24) is 5.32 Å². The summed E-state index contributed by atoms with van der Waals surface area (Å²) in [7, 11) is 0. The van der Waals surface area contributed by atoms with E-state index in [9.17, 15) is 9.59 Å². The maximum absolute atomic E-state index is 11.5. The van der Waals surface area contributed by atoms with E-state index in [-0.39, 0.29) is 11.9 Å². The minimum absolute atomic E-state index is 0.169. The summed E-state index contributed by atoms with van der Waals surface area (Å²) in [5.74, 6) is -1.04. The number of aliphatic carboxylic acids is 1. The molecule has 0 saturated heterocycles. The number of carbonyl (C=O) groups excluding carboxylic acids is 1. The van der Waals surface area contributed by atoms with Crippen molar-refractivity contribution in [2.24, 2.45) is 5.73 Å². The zero-order chi connectivity index (χ0) is 16.5. The Kier molecular flexibility index (Phi) is 7.76. The number of rotatable bonds is 8. The second-order valence-electron chi connectivity index (χ2n) is 5.12. The Morgan fingerprint density at radius 1 is 1.32 bits per heavy atom. The molecule has 1 rings (SSSR count). The molecular formula is C15H22N2O4S. The number of carboxylic acids is 1. The number of carboxylic acid groups (broad SMARTS) is 1. The zero-order valence-electron chi connectivity index (χ0n) is 12.5. The number of aryl methyl sites for hydroxylation is 1. The first kappa shape index (κ1) is 18.3. The van der Waals surface area contributed by atoms with Crippen molar-refractivity contribution in [3.63, 3.8) is 0 Å². The first-order chi connectivity index (χ1) is 10.4. The van der Waals surface area contributed by atoms with Crippen LogP contribution in [-0.4, -0.2) is 35.0 Å². The minimum atomic E-state index is -1.04. The average Bonchev–Trinajstić information content (AvgIpc) is 2.49. The van der Waals surface area contributed by atoms with Crippen molar-refractivity contribution in [3.05, 3.63) is 35.4 Å². The Bertz CT molecular complexity index is 493. The fraction of sp³-hybridized carbons (Fsp3) is 0.467. The van der Waals surface area contributed by atoms with E-state index in [1.165, 1.54) is 0 Å². The summed E-state index contributed by atoms with van der Waals surface area (Å²) in [6.07, 6.45) is 0.278. The number of alkyl carbamates (subject to hydrolysis) is 1. The molecule has 4 N–H and O–H groups in total. The van der Waals surface area contributed by atoms with Crippen LogP contribution in [0.2, 0.25) is 0 Å². The van der Waals surface area contributed by atoms with Gasteiger partial charge in [-0.05, 0) is 25.3 Å². The topological polar surface area (TPSA) is 102 Å². The summed E-state index contributed by atoms with van der Waals surface area (Å²) in [5, 5.41) is 11.1. The number of hydrogen-bond donors (Lipinski definition) is 4. The summed E-state index contributed by atoms with van der Waals surface area (Å²) >= 11 is 4.28. The van der Waals surface area contributed by atoms with Gasteiger partial charge in [0.25, 0.3) is 0 Å². The lowest BCUT2D eigenvalue weighted by atomic mass is 10.1. The number of nitrogens with two attached hydrogens (primary N) is 1. The predicted molar refractivity (Wildman–Crippen MR) is 87.0 cm³/mol. The van der Waals surface area contributed by atoms with E-state index in [2.05, 4.69) is 17.9 Å². The molecule has 0 saturated carbocycles. The van der Waals surface area contributed by atoms with Crippen LogP contribution in [-0.2, 0) is 16.1 Å². The van der Waals surface area contributed by atoms with Crippen LogP contribution in [0, 0.1) is 6.92 Å². The smallest absolute Gasteiger partial charge is 0.407 e. The van der Waals surface area contributed by atoms with E-state index in [1.54, 1.807) is 0 Å². The van der Waals surface area contributed by atoms with Crippen molar-refractivity contribution < 1.29 is 19.4 Å². The van der Waals surface area contributed by atoms with Gasteiger partial charge in [0.05, 0.1) is 0 Å². The number of amides is 1. The van der Waals surface area contributed by atoms with Gasteiger partial charge in [0.2, 0.25) is 0 Å². The molecule has 6 nitrogen and oxygen atoms in total. The van der Waals surface area contributed by atoms with Gasteiger partial charge in [-0.2, -0.15) is 12.6 Å². The minimum Gasteiger partial charge on any atom is -0.480 e. The number of hydrogen-bond acceptors (Lipinski definition) is 5. The Morgan fingerprint density at radius 2 is 1.95 bits per heavy atom. The summed E-state index contributed by atoms with van der Waals surface area (Å²) in [5.41, 5.74) is 7.45. The highest BCUT2D eigenvalue weighted by Crippen LogP contribution is 2.07. The summed E-state index contributed by atoms with van der Waals surface area (Å²) in [6.45, 7) is 2.48. The van der Waals surface area contributed by atoms with Crippen LogP contribution >= 0.6 is 12.6 Å². The number of carbonyl (C=O) groups is 2. The lowest BCUT2D eigenvalue weighted by molar-refractivity contribution is -0.138. The molecule has 1 amide bonds. The third kappa shape index (κ3) is 7.33. The third-order valence-corrected chi connectivity index (χ3v) is 3.54. The van der Waals surface area contributed by atoms with Crippen LogP contribution in [0.3, 0.4) is 0 Å². The fourth-order valence-corrected chi connectivity index (χ4v) is 1.92. The first-order valence-corrected chi connectivity index (χ1v) is 7.52. The molecule has 0 aliphatic heterocycles. The van der Waals surface area contributed by atoms with Crippen LogP contribution in [0.25, 0.3) is 0 Å². The molecule has 0 radical (unpaired) electrons. The van der Waals surface area contributed by atoms with E-state index < -0.39 is 18.1 Å². The van der Waals surface area contributed by atoms with Crippen LogP contribution in [0.1, 0.15) is 24.0 Å². The SMILES string of the molecule is Cc1ccc(COC(=O)NCC(S)CCC(N)C(=O)O)cc1. The maximum Gasteiger partial charge on any atom is 0.407 e. The molecule has 0 heterocycles. The van der Waals surface area contributed by atoms with Gasteiger partial charge in [0.15, 0.2) is 0 Å². The van der Waals surface area contributed by atoms with Gasteiger partial charge >= 0.3 is 12.1 Å². The third-order valence-electron chi connectivity index (χ3n) is 3.10. The van der Waals surface area contributed by atoms with Gasteiger partial charge in [-0.3, -0.25) is 4.79 Å². The first-order valence-electron chi connectivity index (χ1n) is 7.01. The molecule has 0 spiro atoms. The number of ether oxygens (including phenoxy) is 1. The number of benzene rings is 1. The second-order valence-corrected chi connectivity index (χ2v) is 5.85. The average molecular weight is 326 g/mol. The number of nitrogens with one attached hydrogen (secondary N) is 1. The molecule has 7 heteroatoms. The highest BCUT2D eigenvalue weighted by molar-refractivity contribution is 7.81. The molecule has 1 aromatic carbocycles. The summed E-state index contributed by atoms with van der Waals surface area (Å²) in [4.78, 5) is 22.1. The van der Waals surface area contributed by atoms with Gasteiger partial charge in [-0.15, -0.1) is 0 Å². The molecule has 2 unspecified atom stereocenters. The van der Waals surface area contributed by atoms with E-state index in [1.807, 2.05) is 31.2 Å². The fourth-order valence-electron chi connectivity index (χ4n) is 1.68. The van der Waals surface area contributed by atoms with Gasteiger partial charge in [-0.1, -0.05) is 29.8 Å². The maximum atomic E-state index is 11.5. The Morgan fingerprint density at radius 3 is 2.55 bits per heavy atom.